The molecule has 3 aromatic heterocycles. The van der Waals surface area contributed by atoms with Crippen LogP contribution < -0.4 is 5.56 Å². The molecule has 0 amide bonds. The van der Waals surface area contributed by atoms with Crippen LogP contribution in [0.1, 0.15) is 21.5 Å². The maximum Gasteiger partial charge on any atom is 0.336 e. The highest BCUT2D eigenvalue weighted by Gasteiger charge is 2.20. The number of aromatic amines is 1. The van der Waals surface area contributed by atoms with Gasteiger partial charge in [-0.15, -0.1) is 11.3 Å². The zero-order chi connectivity index (χ0) is 20.0. The van der Waals surface area contributed by atoms with Gasteiger partial charge in [-0.25, -0.2) is 9.78 Å². The second-order valence-electron chi connectivity index (χ2n) is 6.35. The molecule has 0 spiro atoms. The summed E-state index contributed by atoms with van der Waals surface area (Å²) in [7, 11) is 0. The number of hydrogen-bond acceptors (Lipinski definition) is 5. The van der Waals surface area contributed by atoms with Crippen LogP contribution in [0.3, 0.4) is 0 Å². The Labute approximate surface area is 168 Å². The molecule has 0 unspecified atom stereocenters. The van der Waals surface area contributed by atoms with Gasteiger partial charge >= 0.3 is 5.97 Å². The van der Waals surface area contributed by atoms with Gasteiger partial charge in [-0.05, 0) is 60.8 Å². The summed E-state index contributed by atoms with van der Waals surface area (Å²) in [6, 6.07) is 10.9. The van der Waals surface area contributed by atoms with E-state index in [4.69, 9.17) is 12.2 Å². The number of H-pyrrole nitrogens is 1. The fourth-order valence-corrected chi connectivity index (χ4v) is 4.11. The minimum absolute atomic E-state index is 0.00214. The van der Waals surface area contributed by atoms with Crippen molar-refractivity contribution < 1.29 is 9.90 Å². The zero-order valence-corrected chi connectivity index (χ0v) is 16.6. The number of benzene rings is 1. The van der Waals surface area contributed by atoms with Gasteiger partial charge in [0, 0.05) is 0 Å². The summed E-state index contributed by atoms with van der Waals surface area (Å²) in [4.78, 5) is 32.6. The minimum atomic E-state index is -1.19. The van der Waals surface area contributed by atoms with Crippen LogP contribution in [-0.2, 0) is 0 Å². The lowest BCUT2D eigenvalue weighted by Crippen LogP contribution is -2.19. The van der Waals surface area contributed by atoms with Gasteiger partial charge in [0.1, 0.15) is 0 Å². The smallest absolute Gasteiger partial charge is 0.336 e. The van der Waals surface area contributed by atoms with Gasteiger partial charge in [0.15, 0.2) is 10.4 Å². The van der Waals surface area contributed by atoms with Crippen molar-refractivity contribution in [3.63, 3.8) is 0 Å². The van der Waals surface area contributed by atoms with Crippen molar-refractivity contribution in [2.24, 2.45) is 0 Å². The third-order valence-corrected chi connectivity index (χ3v) is 5.86. The first kappa shape index (κ1) is 18.3. The molecule has 0 aliphatic rings. The number of carbonyl (C=O) groups is 1. The number of nitrogens with zero attached hydrogens (tertiary/aromatic N) is 2. The van der Waals surface area contributed by atoms with Crippen molar-refractivity contribution in [3.05, 3.63) is 73.6 Å². The lowest BCUT2D eigenvalue weighted by molar-refractivity contribution is 0.0699. The Morgan fingerprint density at radius 3 is 2.71 bits per heavy atom. The molecular weight excluding hydrogens is 394 g/mol. The lowest BCUT2D eigenvalue weighted by Gasteiger charge is -2.16. The summed E-state index contributed by atoms with van der Waals surface area (Å²) in [5.74, 6) is -1.19. The number of pyridine rings is 1. The highest BCUT2D eigenvalue weighted by Crippen LogP contribution is 2.28. The number of carboxylic acids is 1. The second kappa shape index (κ2) is 6.81. The number of aryl methyl sites for hydroxylation is 1. The number of fused-ring (bicyclic) bond motifs is 1. The number of thiophene rings is 1. The van der Waals surface area contributed by atoms with E-state index in [1.54, 1.807) is 4.57 Å². The molecule has 4 aromatic rings. The normalized spacial score (nSPS) is 11.1. The Balaban J connectivity index is 2.23. The third-order valence-electron chi connectivity index (χ3n) is 4.68. The van der Waals surface area contributed by atoms with E-state index in [1.807, 2.05) is 49.6 Å². The molecule has 1 aromatic carbocycles. The van der Waals surface area contributed by atoms with E-state index in [-0.39, 0.29) is 21.4 Å². The Kier molecular flexibility index (Phi) is 4.44. The highest BCUT2D eigenvalue weighted by atomic mass is 32.1. The molecule has 0 radical (unpaired) electrons. The van der Waals surface area contributed by atoms with E-state index < -0.39 is 11.5 Å². The van der Waals surface area contributed by atoms with Gasteiger partial charge in [0.2, 0.25) is 0 Å². The van der Waals surface area contributed by atoms with E-state index in [0.29, 0.717) is 5.69 Å². The first-order valence-corrected chi connectivity index (χ1v) is 9.71. The van der Waals surface area contributed by atoms with Crippen LogP contribution in [0.15, 0.2) is 46.6 Å². The number of carboxylic acid groups (broad SMARTS) is 1. The van der Waals surface area contributed by atoms with Gasteiger partial charge < -0.3 is 5.11 Å². The average molecular weight is 409 g/mol. The summed E-state index contributed by atoms with van der Waals surface area (Å²) in [5, 5.41) is 11.6. The summed E-state index contributed by atoms with van der Waals surface area (Å²) in [6.07, 6.45) is 0. The molecular formula is C20H15N3O3S2. The van der Waals surface area contributed by atoms with Crippen LogP contribution in [0.5, 0.6) is 0 Å². The van der Waals surface area contributed by atoms with E-state index in [0.717, 1.165) is 21.7 Å². The van der Waals surface area contributed by atoms with E-state index in [1.165, 1.54) is 17.4 Å². The van der Waals surface area contributed by atoms with Crippen LogP contribution in [0, 0.1) is 18.6 Å². The Hall–Kier alpha value is -3.10. The van der Waals surface area contributed by atoms with Crippen molar-refractivity contribution in [3.8, 4) is 16.3 Å². The van der Waals surface area contributed by atoms with Crippen LogP contribution in [0.4, 0.5) is 0 Å². The molecule has 140 valence electrons. The molecule has 2 N–H and O–H groups in total. The zero-order valence-electron chi connectivity index (χ0n) is 15.0. The molecule has 0 aliphatic carbocycles. The van der Waals surface area contributed by atoms with Crippen molar-refractivity contribution in [2.45, 2.75) is 13.8 Å². The summed E-state index contributed by atoms with van der Waals surface area (Å²) >= 11 is 6.87. The maximum atomic E-state index is 12.6. The number of hydrogen-bond donors (Lipinski definition) is 2. The summed E-state index contributed by atoms with van der Waals surface area (Å²) in [6.45, 7) is 3.92. The molecule has 0 bridgehead atoms. The van der Waals surface area contributed by atoms with Gasteiger partial charge in [-0.1, -0.05) is 18.2 Å². The third kappa shape index (κ3) is 2.87. The number of rotatable bonds is 3. The molecule has 6 nitrogen and oxygen atoms in total. The van der Waals surface area contributed by atoms with Crippen molar-refractivity contribution in [2.75, 3.05) is 0 Å². The van der Waals surface area contributed by atoms with E-state index in [2.05, 4.69) is 9.97 Å². The molecule has 0 fully saturated rings. The molecule has 0 atom stereocenters. The predicted octanol–water partition coefficient (Wildman–Crippen LogP) is 4.49. The maximum absolute atomic E-state index is 12.6. The fourth-order valence-electron chi connectivity index (χ4n) is 3.15. The number of aromatic carboxylic acids is 1. The molecule has 0 saturated heterocycles. The average Bonchev–Trinajstić information content (AvgIpc) is 3.18. The molecule has 8 heteroatoms. The van der Waals surface area contributed by atoms with Gasteiger partial charge in [0.05, 0.1) is 27.2 Å². The largest absolute Gasteiger partial charge is 0.478 e. The standard InChI is InChI=1S/C20H15N3O3S2/c1-10-5-3-6-14(11(10)2)23-17-16(18(24)22-20(23)27)12(19(25)26)9-13(21-17)15-7-4-8-28-15/h3-9H,1-2H3,(H,25,26)(H,22,24,27). The number of nitrogens with one attached hydrogen (secondary N) is 1. The van der Waals surface area contributed by atoms with E-state index >= 15 is 0 Å². The first-order chi connectivity index (χ1) is 13.4. The van der Waals surface area contributed by atoms with Crippen LogP contribution in [0.2, 0.25) is 0 Å². The van der Waals surface area contributed by atoms with Crippen molar-refractivity contribution in [1.82, 2.24) is 14.5 Å². The highest BCUT2D eigenvalue weighted by molar-refractivity contribution is 7.71. The molecule has 3 heterocycles. The Morgan fingerprint density at radius 2 is 2.04 bits per heavy atom. The summed E-state index contributed by atoms with van der Waals surface area (Å²) in [5.41, 5.74) is 2.80. The molecule has 28 heavy (non-hydrogen) atoms. The summed E-state index contributed by atoms with van der Waals surface area (Å²) < 4.78 is 1.80. The Morgan fingerprint density at radius 1 is 1.25 bits per heavy atom. The second-order valence-corrected chi connectivity index (χ2v) is 7.68. The van der Waals surface area contributed by atoms with E-state index in [9.17, 15) is 14.7 Å². The van der Waals surface area contributed by atoms with Crippen molar-refractivity contribution >= 4 is 40.6 Å². The topological polar surface area (TPSA) is 88.0 Å². The Bertz CT molecular complexity index is 1350. The molecule has 0 saturated carbocycles. The predicted molar refractivity (Wildman–Crippen MR) is 112 cm³/mol. The van der Waals surface area contributed by atoms with Crippen LogP contribution >= 0.6 is 23.6 Å². The van der Waals surface area contributed by atoms with Crippen LogP contribution in [-0.4, -0.2) is 25.6 Å². The SMILES string of the molecule is Cc1cccc(-n2c(=S)[nH]c(=O)c3c(C(=O)O)cc(-c4cccs4)nc32)c1C. The first-order valence-electron chi connectivity index (χ1n) is 8.42. The van der Waals surface area contributed by atoms with Gasteiger partial charge in [0.25, 0.3) is 5.56 Å². The fraction of sp³-hybridized carbons (Fsp3) is 0.100. The number of aromatic nitrogens is 3. The van der Waals surface area contributed by atoms with Crippen molar-refractivity contribution in [1.29, 1.82) is 0 Å². The van der Waals surface area contributed by atoms with Gasteiger partial charge in [-0.3, -0.25) is 14.3 Å². The molecule has 4 rings (SSSR count). The van der Waals surface area contributed by atoms with Gasteiger partial charge in [-0.2, -0.15) is 0 Å². The quantitative estimate of drug-likeness (QED) is 0.487. The monoisotopic (exact) mass is 409 g/mol. The van der Waals surface area contributed by atoms with Crippen LogP contribution in [0.25, 0.3) is 27.3 Å². The lowest BCUT2D eigenvalue weighted by atomic mass is 10.1. The minimum Gasteiger partial charge on any atom is -0.478 e. The molecule has 0 aliphatic heterocycles.